The highest BCUT2D eigenvalue weighted by molar-refractivity contribution is 8.11. The molecule has 98 valence electrons. The van der Waals surface area contributed by atoms with Crippen LogP contribution in [-0.4, -0.2) is 35.3 Å². The van der Waals surface area contributed by atoms with E-state index in [0.717, 1.165) is 5.75 Å². The van der Waals surface area contributed by atoms with Crippen molar-refractivity contribution in [2.75, 3.05) is 20.3 Å². The molecule has 1 rings (SSSR count). The Morgan fingerprint density at radius 3 is 3.00 bits per heavy atom. The minimum absolute atomic E-state index is 0.307. The molecule has 0 aliphatic heterocycles. The fourth-order valence-electron chi connectivity index (χ4n) is 1.13. The van der Waals surface area contributed by atoms with E-state index >= 15 is 0 Å². The van der Waals surface area contributed by atoms with Crippen molar-refractivity contribution < 1.29 is 9.47 Å². The third-order valence-electron chi connectivity index (χ3n) is 1.98. The molecule has 1 aromatic rings. The van der Waals surface area contributed by atoms with Crippen LogP contribution in [0.25, 0.3) is 0 Å². The van der Waals surface area contributed by atoms with Crippen molar-refractivity contribution in [1.29, 1.82) is 0 Å². The maximum Gasteiger partial charge on any atom is 0.150 e. The molecule has 0 saturated heterocycles. The number of ether oxygens (including phenoxy) is 2. The summed E-state index contributed by atoms with van der Waals surface area (Å²) in [6, 6.07) is 3.58. The summed E-state index contributed by atoms with van der Waals surface area (Å²) in [7, 11) is 1.63. The molecule has 1 aromatic heterocycles. The Bertz CT molecular complexity index is 438. The lowest BCUT2D eigenvalue weighted by atomic mass is 10.2. The van der Waals surface area contributed by atoms with Crippen molar-refractivity contribution in [1.82, 2.24) is 10.4 Å². The molecule has 0 aliphatic carbocycles. The lowest BCUT2D eigenvalue weighted by Crippen LogP contribution is -2.12. The lowest BCUT2D eigenvalue weighted by molar-refractivity contribution is 0.146. The summed E-state index contributed by atoms with van der Waals surface area (Å²) in [5, 5.41) is 4.04. The number of rotatable bonds is 6. The van der Waals surface area contributed by atoms with Crippen molar-refractivity contribution in [3.8, 4) is 5.75 Å². The zero-order valence-corrected chi connectivity index (χ0v) is 11.9. The van der Waals surface area contributed by atoms with E-state index in [1.165, 1.54) is 0 Å². The standard InChI is InChI=1S/C11H15N3O2S2/c1-8(13-14-11(17)18)10-7-9(3-4-12-10)16-6-5-15-2/h3-4,7H,5-6H2,1-2H3,(H2,14,17,18)/b13-8+. The number of nitrogens with zero attached hydrogens (tertiary/aromatic N) is 2. The summed E-state index contributed by atoms with van der Waals surface area (Å²) in [6.07, 6.45) is 1.66. The molecule has 0 aromatic carbocycles. The molecular weight excluding hydrogens is 270 g/mol. The number of hydrazone groups is 1. The highest BCUT2D eigenvalue weighted by Crippen LogP contribution is 2.11. The van der Waals surface area contributed by atoms with Gasteiger partial charge in [-0.15, -0.1) is 12.6 Å². The van der Waals surface area contributed by atoms with Crippen LogP contribution >= 0.6 is 24.8 Å². The molecule has 0 saturated carbocycles. The van der Waals surface area contributed by atoms with E-state index in [9.17, 15) is 0 Å². The molecule has 0 atom stereocenters. The number of nitrogens with one attached hydrogen (secondary N) is 1. The zero-order chi connectivity index (χ0) is 13.4. The van der Waals surface area contributed by atoms with Gasteiger partial charge < -0.3 is 9.47 Å². The van der Waals surface area contributed by atoms with Gasteiger partial charge in [0.05, 0.1) is 18.0 Å². The molecule has 1 heterocycles. The van der Waals surface area contributed by atoms with Crippen molar-refractivity contribution in [3.05, 3.63) is 24.0 Å². The Balaban J connectivity index is 2.68. The summed E-state index contributed by atoms with van der Waals surface area (Å²) < 4.78 is 10.7. The minimum atomic E-state index is 0.307. The molecule has 0 aliphatic rings. The van der Waals surface area contributed by atoms with Gasteiger partial charge in [0.25, 0.3) is 0 Å². The normalized spacial score (nSPS) is 11.2. The maximum absolute atomic E-state index is 5.48. The molecule has 0 unspecified atom stereocenters. The average molecular weight is 285 g/mol. The van der Waals surface area contributed by atoms with Gasteiger partial charge in [-0.3, -0.25) is 10.4 Å². The quantitative estimate of drug-likeness (QED) is 0.274. The second kappa shape index (κ2) is 8.02. The average Bonchev–Trinajstić information content (AvgIpc) is 2.36. The Morgan fingerprint density at radius 1 is 1.56 bits per heavy atom. The third-order valence-corrected chi connectivity index (χ3v) is 2.17. The number of hydrogen-bond acceptors (Lipinski definition) is 5. The summed E-state index contributed by atoms with van der Waals surface area (Å²) in [5.41, 5.74) is 4.01. The molecule has 0 bridgehead atoms. The second-order valence-corrected chi connectivity index (χ2v) is 4.49. The smallest absolute Gasteiger partial charge is 0.150 e. The Morgan fingerprint density at radius 2 is 2.33 bits per heavy atom. The number of pyridine rings is 1. The van der Waals surface area contributed by atoms with Gasteiger partial charge in [0.1, 0.15) is 12.4 Å². The number of aromatic nitrogens is 1. The van der Waals surface area contributed by atoms with Gasteiger partial charge in [0.15, 0.2) is 4.32 Å². The van der Waals surface area contributed by atoms with Crippen LogP contribution < -0.4 is 10.2 Å². The summed E-state index contributed by atoms with van der Waals surface area (Å²) in [4.78, 5) is 4.20. The van der Waals surface area contributed by atoms with E-state index < -0.39 is 0 Å². The van der Waals surface area contributed by atoms with Gasteiger partial charge in [-0.25, -0.2) is 0 Å². The van der Waals surface area contributed by atoms with Crippen LogP contribution in [0.2, 0.25) is 0 Å². The fourth-order valence-corrected chi connectivity index (χ4v) is 1.23. The number of hydrogen-bond donors (Lipinski definition) is 2. The van der Waals surface area contributed by atoms with Gasteiger partial charge in [0, 0.05) is 19.4 Å². The van der Waals surface area contributed by atoms with Gasteiger partial charge in [0.2, 0.25) is 0 Å². The Hall–Kier alpha value is -1.18. The van der Waals surface area contributed by atoms with E-state index in [4.69, 9.17) is 21.7 Å². The lowest BCUT2D eigenvalue weighted by Gasteiger charge is -2.07. The maximum atomic E-state index is 5.48. The molecule has 18 heavy (non-hydrogen) atoms. The number of thiol groups is 1. The van der Waals surface area contributed by atoms with Gasteiger partial charge in [-0.2, -0.15) is 5.10 Å². The molecule has 0 fully saturated rings. The number of methoxy groups -OCH3 is 1. The van der Waals surface area contributed by atoms with Crippen LogP contribution in [0.5, 0.6) is 5.75 Å². The largest absolute Gasteiger partial charge is 0.491 e. The van der Waals surface area contributed by atoms with Crippen LogP contribution in [0.1, 0.15) is 12.6 Å². The molecule has 5 nitrogen and oxygen atoms in total. The van der Waals surface area contributed by atoms with E-state index in [2.05, 4.69) is 28.1 Å². The third kappa shape index (κ3) is 5.44. The minimum Gasteiger partial charge on any atom is -0.491 e. The molecule has 7 heteroatoms. The van der Waals surface area contributed by atoms with Crippen molar-refractivity contribution in [2.45, 2.75) is 6.92 Å². The van der Waals surface area contributed by atoms with E-state index in [0.29, 0.717) is 28.9 Å². The molecule has 0 radical (unpaired) electrons. The van der Waals surface area contributed by atoms with Gasteiger partial charge >= 0.3 is 0 Å². The summed E-state index contributed by atoms with van der Waals surface area (Å²) in [6.45, 7) is 2.86. The summed E-state index contributed by atoms with van der Waals surface area (Å²) in [5.74, 6) is 0.722. The van der Waals surface area contributed by atoms with Crippen molar-refractivity contribution >= 4 is 34.9 Å². The molecule has 0 spiro atoms. The highest BCUT2D eigenvalue weighted by Gasteiger charge is 2.02. The summed E-state index contributed by atoms with van der Waals surface area (Å²) >= 11 is 8.66. The van der Waals surface area contributed by atoms with Crippen LogP contribution in [0.4, 0.5) is 0 Å². The van der Waals surface area contributed by atoms with E-state index in [1.807, 2.05) is 6.92 Å². The van der Waals surface area contributed by atoms with Crippen molar-refractivity contribution in [2.24, 2.45) is 5.10 Å². The topological polar surface area (TPSA) is 55.7 Å². The molecule has 0 amide bonds. The first kappa shape index (κ1) is 14.9. The fraction of sp³-hybridized carbons (Fsp3) is 0.364. The highest BCUT2D eigenvalue weighted by atomic mass is 32.1. The number of thiocarbonyl (C=S) groups is 1. The first-order valence-corrected chi connectivity index (χ1v) is 6.10. The monoisotopic (exact) mass is 285 g/mol. The SMILES string of the molecule is COCCOc1ccnc(/C(C)=N/NC(=S)S)c1. The second-order valence-electron chi connectivity index (χ2n) is 3.33. The van der Waals surface area contributed by atoms with Crippen molar-refractivity contribution in [3.63, 3.8) is 0 Å². The van der Waals surface area contributed by atoms with Crippen LogP contribution in [0, 0.1) is 0 Å². The molecule has 1 N–H and O–H groups in total. The van der Waals surface area contributed by atoms with Gasteiger partial charge in [-0.1, -0.05) is 12.2 Å². The van der Waals surface area contributed by atoms with Crippen LogP contribution in [-0.2, 0) is 4.74 Å². The van der Waals surface area contributed by atoms with Crippen LogP contribution in [0.3, 0.4) is 0 Å². The van der Waals surface area contributed by atoms with E-state index in [1.54, 1.807) is 25.4 Å². The Labute approximate surface area is 117 Å². The Kier molecular flexibility index (Phi) is 6.63. The first-order valence-electron chi connectivity index (χ1n) is 5.25. The predicted octanol–water partition coefficient (Wildman–Crippen LogP) is 1.64. The van der Waals surface area contributed by atoms with E-state index in [-0.39, 0.29) is 0 Å². The van der Waals surface area contributed by atoms with Gasteiger partial charge in [-0.05, 0) is 13.0 Å². The molecular formula is C11H15N3O2S2. The first-order chi connectivity index (χ1) is 8.63. The zero-order valence-electron chi connectivity index (χ0n) is 10.2. The predicted molar refractivity (Wildman–Crippen MR) is 78.5 cm³/mol. The van der Waals surface area contributed by atoms with Crippen LogP contribution in [0.15, 0.2) is 23.4 Å².